The van der Waals surface area contributed by atoms with Crippen LogP contribution in [0.5, 0.6) is 0 Å². The predicted molar refractivity (Wildman–Crippen MR) is 148 cm³/mol. The Morgan fingerprint density at radius 2 is 1.67 bits per heavy atom. The highest BCUT2D eigenvalue weighted by Crippen LogP contribution is 2.28. The van der Waals surface area contributed by atoms with E-state index in [-0.39, 0.29) is 5.56 Å². The number of benzene rings is 3. The summed E-state index contributed by atoms with van der Waals surface area (Å²) in [6.45, 7) is 0. The minimum atomic E-state index is -0.523. The number of carbonyl (C=O) groups excluding carboxylic acids is 1. The quantitative estimate of drug-likeness (QED) is 0.170. The maximum atomic E-state index is 13.8. The molecule has 36 heavy (non-hydrogen) atoms. The number of hydrazone groups is 1. The molecule has 5 aromatic rings. The first kappa shape index (κ1) is 23.5. The number of nitrogens with one attached hydrogen (secondary N) is 3. The summed E-state index contributed by atoms with van der Waals surface area (Å²) in [6, 6.07) is 29.2. The second-order valence-electron chi connectivity index (χ2n) is 7.72. The second kappa shape index (κ2) is 10.6. The van der Waals surface area contributed by atoms with Crippen LogP contribution in [0.15, 0.2) is 117 Å². The van der Waals surface area contributed by atoms with Gasteiger partial charge in [0.25, 0.3) is 5.56 Å². The predicted octanol–water partition coefficient (Wildman–Crippen LogP) is 6.23. The summed E-state index contributed by atoms with van der Waals surface area (Å²) in [4.78, 5) is 27.3. The minimum absolute atomic E-state index is 0.284. The third kappa shape index (κ3) is 5.07. The zero-order valence-corrected chi connectivity index (χ0v) is 21.2. The SMILES string of the molecule is O=C(N/N=C(\c1cccc(Br)c1)c1c(-c2cccs2)[nH]n(-c2ccccc2)c1=O)Nc1ccccc1. The number of urea groups is 1. The van der Waals surface area contributed by atoms with E-state index < -0.39 is 6.03 Å². The van der Waals surface area contributed by atoms with Gasteiger partial charge in [0.15, 0.2) is 0 Å². The molecule has 0 unspecified atom stereocenters. The van der Waals surface area contributed by atoms with Crippen LogP contribution in [0.25, 0.3) is 16.3 Å². The first-order valence-electron chi connectivity index (χ1n) is 11.0. The molecule has 7 nitrogen and oxygen atoms in total. The topological polar surface area (TPSA) is 91.3 Å². The van der Waals surface area contributed by atoms with E-state index >= 15 is 0 Å². The van der Waals surface area contributed by atoms with Crippen molar-refractivity contribution in [1.29, 1.82) is 0 Å². The Hall–Kier alpha value is -4.21. The largest absolute Gasteiger partial charge is 0.339 e. The molecule has 0 atom stereocenters. The first-order valence-corrected chi connectivity index (χ1v) is 12.7. The molecule has 2 aromatic heterocycles. The maximum absolute atomic E-state index is 13.8. The van der Waals surface area contributed by atoms with Crippen LogP contribution in [-0.2, 0) is 0 Å². The first-order chi connectivity index (χ1) is 17.6. The van der Waals surface area contributed by atoms with Crippen LogP contribution in [0.4, 0.5) is 10.5 Å². The van der Waals surface area contributed by atoms with Gasteiger partial charge in [0.2, 0.25) is 0 Å². The second-order valence-corrected chi connectivity index (χ2v) is 9.58. The van der Waals surface area contributed by atoms with Crippen molar-refractivity contribution >= 4 is 44.7 Å². The molecule has 0 aliphatic rings. The van der Waals surface area contributed by atoms with Gasteiger partial charge in [-0.05, 0) is 47.8 Å². The Morgan fingerprint density at radius 1 is 0.917 bits per heavy atom. The van der Waals surface area contributed by atoms with Gasteiger partial charge in [-0.1, -0.05) is 70.5 Å². The van der Waals surface area contributed by atoms with E-state index in [2.05, 4.69) is 36.9 Å². The van der Waals surface area contributed by atoms with E-state index in [1.165, 1.54) is 16.0 Å². The maximum Gasteiger partial charge on any atom is 0.339 e. The number of amides is 2. The normalized spacial score (nSPS) is 11.3. The number of hydrogen-bond acceptors (Lipinski definition) is 4. The van der Waals surface area contributed by atoms with Crippen molar-refractivity contribution in [1.82, 2.24) is 15.2 Å². The summed E-state index contributed by atoms with van der Waals surface area (Å²) in [5, 5.41) is 12.4. The highest BCUT2D eigenvalue weighted by Gasteiger charge is 2.24. The zero-order chi connectivity index (χ0) is 24.9. The Kier molecular flexibility index (Phi) is 6.92. The molecule has 3 N–H and O–H groups in total. The molecular weight excluding hydrogens is 538 g/mol. The third-order valence-corrected chi connectivity index (χ3v) is 6.69. The van der Waals surface area contributed by atoms with E-state index in [1.807, 2.05) is 90.3 Å². The summed E-state index contributed by atoms with van der Waals surface area (Å²) in [5.41, 5.74) is 5.55. The van der Waals surface area contributed by atoms with Crippen molar-refractivity contribution in [2.45, 2.75) is 0 Å². The number of carbonyl (C=O) groups is 1. The van der Waals surface area contributed by atoms with E-state index in [4.69, 9.17) is 0 Å². The molecule has 2 heterocycles. The van der Waals surface area contributed by atoms with Crippen molar-refractivity contribution in [2.24, 2.45) is 5.10 Å². The van der Waals surface area contributed by atoms with Gasteiger partial charge in [0.1, 0.15) is 5.71 Å². The molecule has 0 saturated heterocycles. The Labute approximate surface area is 219 Å². The van der Waals surface area contributed by atoms with E-state index in [9.17, 15) is 9.59 Å². The number of aromatic nitrogens is 2. The van der Waals surface area contributed by atoms with Gasteiger partial charge >= 0.3 is 6.03 Å². The van der Waals surface area contributed by atoms with Crippen LogP contribution in [0.3, 0.4) is 0 Å². The fourth-order valence-electron chi connectivity index (χ4n) is 3.70. The van der Waals surface area contributed by atoms with Crippen LogP contribution >= 0.6 is 27.3 Å². The summed E-state index contributed by atoms with van der Waals surface area (Å²) in [7, 11) is 0. The Bertz CT molecular complexity index is 1580. The number of H-pyrrole nitrogens is 1. The number of anilines is 1. The van der Waals surface area contributed by atoms with Gasteiger partial charge in [-0.3, -0.25) is 9.89 Å². The Balaban J connectivity index is 1.64. The third-order valence-electron chi connectivity index (χ3n) is 5.31. The summed E-state index contributed by atoms with van der Waals surface area (Å²) >= 11 is 5.00. The molecule has 0 bridgehead atoms. The standard InChI is InChI=1S/C27H20BrN5O2S/c28-19-10-7-9-18(17-19)24(30-31-27(35)29-20-11-3-1-4-12-20)23-25(22-15-8-16-36-22)32-33(26(23)34)21-13-5-2-6-14-21/h1-17,32H,(H2,29,31,35)/b30-24+. The van der Waals surface area contributed by atoms with Crippen molar-refractivity contribution in [2.75, 3.05) is 5.32 Å². The fraction of sp³-hybridized carbons (Fsp3) is 0. The van der Waals surface area contributed by atoms with Gasteiger partial charge in [-0.15, -0.1) is 11.3 Å². The highest BCUT2D eigenvalue weighted by molar-refractivity contribution is 9.10. The molecule has 0 radical (unpaired) electrons. The smallest absolute Gasteiger partial charge is 0.307 e. The van der Waals surface area contributed by atoms with Crippen molar-refractivity contribution in [3.8, 4) is 16.3 Å². The average molecular weight is 558 g/mol. The molecule has 9 heteroatoms. The van der Waals surface area contributed by atoms with Gasteiger partial charge < -0.3 is 5.32 Å². The van der Waals surface area contributed by atoms with Crippen LogP contribution < -0.4 is 16.3 Å². The monoisotopic (exact) mass is 557 g/mol. The van der Waals surface area contributed by atoms with Gasteiger partial charge in [-0.2, -0.15) is 5.10 Å². The van der Waals surface area contributed by atoms with Crippen molar-refractivity contribution in [3.05, 3.63) is 128 Å². The number of para-hydroxylation sites is 2. The number of nitrogens with zero attached hydrogens (tertiary/aromatic N) is 2. The number of thiophene rings is 1. The van der Waals surface area contributed by atoms with Crippen molar-refractivity contribution in [3.63, 3.8) is 0 Å². The van der Waals surface area contributed by atoms with E-state index in [0.717, 1.165) is 9.35 Å². The van der Waals surface area contributed by atoms with Crippen LogP contribution in [0.1, 0.15) is 11.1 Å². The molecule has 3 aromatic carbocycles. The lowest BCUT2D eigenvalue weighted by Gasteiger charge is -2.09. The summed E-state index contributed by atoms with van der Waals surface area (Å²) in [6.07, 6.45) is 0. The number of hydrogen-bond donors (Lipinski definition) is 3. The summed E-state index contributed by atoms with van der Waals surface area (Å²) < 4.78 is 2.31. The van der Waals surface area contributed by atoms with Crippen LogP contribution in [0.2, 0.25) is 0 Å². The zero-order valence-electron chi connectivity index (χ0n) is 18.8. The molecule has 0 aliphatic carbocycles. The molecule has 178 valence electrons. The van der Waals surface area contributed by atoms with Gasteiger partial charge in [0, 0.05) is 15.7 Å². The number of aromatic amines is 1. The van der Waals surface area contributed by atoms with Crippen LogP contribution in [-0.4, -0.2) is 21.5 Å². The Morgan fingerprint density at radius 3 is 2.36 bits per heavy atom. The van der Waals surface area contributed by atoms with Crippen LogP contribution in [0, 0.1) is 0 Å². The lowest BCUT2D eigenvalue weighted by atomic mass is 10.0. The minimum Gasteiger partial charge on any atom is -0.307 e. The molecular formula is C27H20BrN5O2S. The number of halogens is 1. The fourth-order valence-corrected chi connectivity index (χ4v) is 4.83. The molecule has 5 rings (SSSR count). The summed E-state index contributed by atoms with van der Waals surface area (Å²) in [5.74, 6) is 0. The molecule has 2 amide bonds. The lowest BCUT2D eigenvalue weighted by Crippen LogP contribution is -2.28. The lowest BCUT2D eigenvalue weighted by molar-refractivity contribution is 0.252. The average Bonchev–Trinajstić information content (AvgIpc) is 3.54. The molecule has 0 fully saturated rings. The van der Waals surface area contributed by atoms with Gasteiger partial charge in [-0.25, -0.2) is 14.9 Å². The van der Waals surface area contributed by atoms with Gasteiger partial charge in [0.05, 0.1) is 21.8 Å². The van der Waals surface area contributed by atoms with E-state index in [1.54, 1.807) is 12.1 Å². The number of rotatable bonds is 6. The molecule has 0 aliphatic heterocycles. The van der Waals surface area contributed by atoms with Crippen molar-refractivity contribution < 1.29 is 4.79 Å². The molecule has 0 saturated carbocycles. The molecule has 0 spiro atoms. The highest BCUT2D eigenvalue weighted by atomic mass is 79.9. The van der Waals surface area contributed by atoms with E-state index in [0.29, 0.717) is 33.9 Å².